The molecule has 6 heteroatoms. The zero-order valence-electron chi connectivity index (χ0n) is 11.5. The summed E-state index contributed by atoms with van der Waals surface area (Å²) in [5, 5.41) is 0. The number of aromatic amines is 1. The summed E-state index contributed by atoms with van der Waals surface area (Å²) >= 11 is 0. The van der Waals surface area contributed by atoms with E-state index in [1.807, 2.05) is 19.1 Å². The van der Waals surface area contributed by atoms with Crippen LogP contribution in [0.4, 0.5) is 0 Å². The molecular formula is C14H14N4O2. The van der Waals surface area contributed by atoms with Gasteiger partial charge in [0, 0.05) is 18.3 Å². The number of rotatable bonds is 3. The van der Waals surface area contributed by atoms with Crippen molar-refractivity contribution in [2.45, 2.75) is 6.92 Å². The Kier molecular flexibility index (Phi) is 2.98. The number of nitrogens with one attached hydrogen (secondary N) is 1. The lowest BCUT2D eigenvalue weighted by atomic mass is 10.3. The van der Waals surface area contributed by atoms with E-state index in [0.717, 1.165) is 16.7 Å². The van der Waals surface area contributed by atoms with Crippen LogP contribution in [0.3, 0.4) is 0 Å². The highest BCUT2D eigenvalue weighted by Gasteiger charge is 2.11. The molecule has 0 spiro atoms. The van der Waals surface area contributed by atoms with Crippen LogP contribution < -0.4 is 9.47 Å². The summed E-state index contributed by atoms with van der Waals surface area (Å²) in [7, 11) is 3.20. The fourth-order valence-corrected chi connectivity index (χ4v) is 1.97. The zero-order valence-corrected chi connectivity index (χ0v) is 11.5. The Bertz CT molecular complexity index is 709. The SMILES string of the molecule is COc1cc2nc(-c3cnc(C)cn3)[nH]c2cc1OC. The van der Waals surface area contributed by atoms with Crippen molar-refractivity contribution in [2.75, 3.05) is 14.2 Å². The number of H-pyrrole nitrogens is 1. The highest BCUT2D eigenvalue weighted by atomic mass is 16.5. The molecule has 3 aromatic rings. The van der Waals surface area contributed by atoms with Crippen molar-refractivity contribution >= 4 is 11.0 Å². The monoisotopic (exact) mass is 270 g/mol. The number of hydrogen-bond acceptors (Lipinski definition) is 5. The number of hydrogen-bond donors (Lipinski definition) is 1. The van der Waals surface area contributed by atoms with Crippen LogP contribution in [-0.4, -0.2) is 34.2 Å². The third-order valence-corrected chi connectivity index (χ3v) is 3.01. The summed E-state index contributed by atoms with van der Waals surface area (Å²) < 4.78 is 10.5. The van der Waals surface area contributed by atoms with Gasteiger partial charge in [0.15, 0.2) is 17.3 Å². The van der Waals surface area contributed by atoms with Crippen molar-refractivity contribution < 1.29 is 9.47 Å². The molecular weight excluding hydrogens is 256 g/mol. The van der Waals surface area contributed by atoms with E-state index in [1.165, 1.54) is 0 Å². The van der Waals surface area contributed by atoms with Crippen molar-refractivity contribution in [3.63, 3.8) is 0 Å². The lowest BCUT2D eigenvalue weighted by Gasteiger charge is -2.06. The molecule has 0 aliphatic heterocycles. The van der Waals surface area contributed by atoms with Crippen LogP contribution in [0.1, 0.15) is 5.69 Å². The summed E-state index contributed by atoms with van der Waals surface area (Å²) in [6.07, 6.45) is 3.41. The molecule has 102 valence electrons. The fraction of sp³-hybridized carbons (Fsp3) is 0.214. The second kappa shape index (κ2) is 4.80. The molecule has 0 bridgehead atoms. The van der Waals surface area contributed by atoms with Gasteiger partial charge in [0.2, 0.25) is 0 Å². The molecule has 0 aliphatic rings. The third kappa shape index (κ3) is 2.05. The van der Waals surface area contributed by atoms with Gasteiger partial charge < -0.3 is 14.5 Å². The van der Waals surface area contributed by atoms with Crippen LogP contribution in [-0.2, 0) is 0 Å². The number of imidazole rings is 1. The Labute approximate surface area is 115 Å². The summed E-state index contributed by atoms with van der Waals surface area (Å²) in [4.78, 5) is 16.2. The van der Waals surface area contributed by atoms with Gasteiger partial charge in [-0.25, -0.2) is 9.97 Å². The highest BCUT2D eigenvalue weighted by molar-refractivity contribution is 5.82. The van der Waals surface area contributed by atoms with Gasteiger partial charge in [-0.05, 0) is 6.92 Å². The van der Waals surface area contributed by atoms with Crippen molar-refractivity contribution in [3.8, 4) is 23.0 Å². The Morgan fingerprint density at radius 3 is 2.40 bits per heavy atom. The van der Waals surface area contributed by atoms with Crippen LogP contribution >= 0.6 is 0 Å². The molecule has 0 fully saturated rings. The van der Waals surface area contributed by atoms with Gasteiger partial charge >= 0.3 is 0 Å². The minimum Gasteiger partial charge on any atom is -0.493 e. The van der Waals surface area contributed by atoms with Crippen LogP contribution in [0.25, 0.3) is 22.6 Å². The molecule has 0 atom stereocenters. The summed E-state index contributed by atoms with van der Waals surface area (Å²) in [6.45, 7) is 1.89. The molecule has 0 unspecified atom stereocenters. The first kappa shape index (κ1) is 12.4. The van der Waals surface area contributed by atoms with E-state index in [-0.39, 0.29) is 0 Å². The molecule has 0 radical (unpaired) electrons. The summed E-state index contributed by atoms with van der Waals surface area (Å²) in [6, 6.07) is 3.68. The van der Waals surface area contributed by atoms with Crippen LogP contribution in [0.5, 0.6) is 11.5 Å². The zero-order chi connectivity index (χ0) is 14.1. The summed E-state index contributed by atoms with van der Waals surface area (Å²) in [5.41, 5.74) is 3.22. The van der Waals surface area contributed by atoms with Crippen molar-refractivity contribution in [1.82, 2.24) is 19.9 Å². The Morgan fingerprint density at radius 2 is 1.75 bits per heavy atom. The maximum absolute atomic E-state index is 5.27. The predicted octanol–water partition coefficient (Wildman–Crippen LogP) is 2.35. The van der Waals surface area contributed by atoms with Crippen LogP contribution in [0.15, 0.2) is 24.5 Å². The second-order valence-corrected chi connectivity index (χ2v) is 4.35. The van der Waals surface area contributed by atoms with Gasteiger partial charge in [-0.3, -0.25) is 4.98 Å². The average Bonchev–Trinajstić information content (AvgIpc) is 2.89. The first-order valence-electron chi connectivity index (χ1n) is 6.12. The van der Waals surface area contributed by atoms with E-state index in [0.29, 0.717) is 23.0 Å². The highest BCUT2D eigenvalue weighted by Crippen LogP contribution is 2.32. The number of fused-ring (bicyclic) bond motifs is 1. The van der Waals surface area contributed by atoms with E-state index >= 15 is 0 Å². The maximum atomic E-state index is 5.27. The predicted molar refractivity (Wildman–Crippen MR) is 75.0 cm³/mol. The largest absolute Gasteiger partial charge is 0.493 e. The van der Waals surface area contributed by atoms with E-state index in [4.69, 9.17) is 9.47 Å². The molecule has 2 heterocycles. The number of ether oxygens (including phenoxy) is 2. The number of aromatic nitrogens is 4. The summed E-state index contributed by atoms with van der Waals surface area (Å²) in [5.74, 6) is 1.97. The van der Waals surface area contributed by atoms with Gasteiger partial charge in [0.1, 0.15) is 5.69 Å². The topological polar surface area (TPSA) is 72.9 Å². The van der Waals surface area contributed by atoms with Crippen molar-refractivity contribution in [1.29, 1.82) is 0 Å². The third-order valence-electron chi connectivity index (χ3n) is 3.01. The minimum atomic E-state index is 0.646. The quantitative estimate of drug-likeness (QED) is 0.790. The lowest BCUT2D eigenvalue weighted by molar-refractivity contribution is 0.356. The van der Waals surface area contributed by atoms with E-state index in [9.17, 15) is 0 Å². The van der Waals surface area contributed by atoms with E-state index in [2.05, 4.69) is 19.9 Å². The van der Waals surface area contributed by atoms with Crippen molar-refractivity contribution in [3.05, 3.63) is 30.2 Å². The molecule has 1 N–H and O–H groups in total. The van der Waals surface area contributed by atoms with Crippen LogP contribution in [0, 0.1) is 6.92 Å². The fourth-order valence-electron chi connectivity index (χ4n) is 1.97. The first-order valence-corrected chi connectivity index (χ1v) is 6.12. The molecule has 20 heavy (non-hydrogen) atoms. The maximum Gasteiger partial charge on any atom is 0.163 e. The normalized spacial score (nSPS) is 10.8. The minimum absolute atomic E-state index is 0.646. The van der Waals surface area contributed by atoms with Gasteiger partial charge in [-0.15, -0.1) is 0 Å². The molecule has 3 rings (SSSR count). The Balaban J connectivity index is 2.12. The number of benzene rings is 1. The molecule has 0 amide bonds. The van der Waals surface area contributed by atoms with Gasteiger partial charge in [0.05, 0.1) is 37.1 Å². The van der Waals surface area contributed by atoms with E-state index in [1.54, 1.807) is 26.6 Å². The molecule has 0 saturated carbocycles. The molecule has 0 aliphatic carbocycles. The molecule has 6 nitrogen and oxygen atoms in total. The van der Waals surface area contributed by atoms with Crippen LogP contribution in [0.2, 0.25) is 0 Å². The van der Waals surface area contributed by atoms with Gasteiger partial charge in [-0.2, -0.15) is 0 Å². The Morgan fingerprint density at radius 1 is 1.00 bits per heavy atom. The standard InChI is InChI=1S/C14H14N4O2/c1-8-6-16-11(7-15-8)14-17-9-4-12(19-2)13(20-3)5-10(9)18-14/h4-7H,1-3H3,(H,17,18). The Hall–Kier alpha value is -2.63. The smallest absolute Gasteiger partial charge is 0.163 e. The number of methoxy groups -OCH3 is 2. The first-order chi connectivity index (χ1) is 9.71. The van der Waals surface area contributed by atoms with Crippen molar-refractivity contribution in [2.24, 2.45) is 0 Å². The van der Waals surface area contributed by atoms with Gasteiger partial charge in [-0.1, -0.05) is 0 Å². The lowest BCUT2D eigenvalue weighted by Crippen LogP contribution is -1.89. The van der Waals surface area contributed by atoms with E-state index < -0.39 is 0 Å². The van der Waals surface area contributed by atoms with Gasteiger partial charge in [0.25, 0.3) is 0 Å². The molecule has 0 saturated heterocycles. The second-order valence-electron chi connectivity index (χ2n) is 4.35. The number of aryl methyl sites for hydroxylation is 1. The molecule has 1 aromatic carbocycles. The number of nitrogens with zero attached hydrogens (tertiary/aromatic N) is 3. The average molecular weight is 270 g/mol. The molecule has 2 aromatic heterocycles.